The fourth-order valence-electron chi connectivity index (χ4n) is 7.11. The average molecular weight is 571 g/mol. The minimum Gasteiger partial charge on any atom is -0.510 e. The molecular formula is C30H42N4O7. The van der Waals surface area contributed by atoms with E-state index in [2.05, 4.69) is 25.7 Å². The van der Waals surface area contributed by atoms with Gasteiger partial charge in [0.15, 0.2) is 11.4 Å². The number of carbonyl (C=O) groups is 3. The number of anilines is 1. The second-order valence-electron chi connectivity index (χ2n) is 11.9. The lowest BCUT2D eigenvalue weighted by Crippen LogP contribution is -2.63. The van der Waals surface area contributed by atoms with Gasteiger partial charge in [-0.25, -0.2) is 0 Å². The van der Waals surface area contributed by atoms with Crippen LogP contribution in [-0.4, -0.2) is 100 Å². The molecule has 0 heterocycles. The molecule has 5 atom stereocenters. The van der Waals surface area contributed by atoms with Crippen LogP contribution < -0.4 is 10.6 Å². The van der Waals surface area contributed by atoms with Gasteiger partial charge in [-0.3, -0.25) is 24.2 Å². The van der Waals surface area contributed by atoms with Gasteiger partial charge < -0.3 is 31.1 Å². The average Bonchev–Trinajstić information content (AvgIpc) is 2.88. The van der Waals surface area contributed by atoms with E-state index in [4.69, 9.17) is 5.73 Å². The summed E-state index contributed by atoms with van der Waals surface area (Å²) in [4.78, 5) is 45.4. The Kier molecular flexibility index (Phi) is 8.03. The van der Waals surface area contributed by atoms with Crippen molar-refractivity contribution in [1.82, 2.24) is 9.80 Å². The summed E-state index contributed by atoms with van der Waals surface area (Å²) in [6.07, 6.45) is 1.25. The molecule has 0 radical (unpaired) electrons. The molecule has 0 bridgehead atoms. The molecule has 6 N–H and O–H groups in total. The van der Waals surface area contributed by atoms with Gasteiger partial charge >= 0.3 is 0 Å². The summed E-state index contributed by atoms with van der Waals surface area (Å²) in [5.41, 5.74) is 4.07. The van der Waals surface area contributed by atoms with Gasteiger partial charge in [-0.15, -0.1) is 0 Å². The number of ketones is 2. The highest BCUT2D eigenvalue weighted by Gasteiger charge is 2.63. The number of carbonyl (C=O) groups excluding carboxylic acids is 3. The molecule has 1 unspecified atom stereocenters. The number of primary amides is 1. The summed E-state index contributed by atoms with van der Waals surface area (Å²) in [5.74, 6) is -6.54. The predicted octanol–water partition coefficient (Wildman–Crippen LogP) is 1.81. The molecule has 3 aliphatic rings. The minimum absolute atomic E-state index is 0.0184. The number of rotatable bonds is 8. The second kappa shape index (κ2) is 10.8. The van der Waals surface area contributed by atoms with Crippen molar-refractivity contribution in [1.29, 1.82) is 0 Å². The van der Waals surface area contributed by atoms with Gasteiger partial charge in [0.05, 0.1) is 11.6 Å². The Morgan fingerprint density at radius 2 is 1.78 bits per heavy atom. The Morgan fingerprint density at radius 3 is 2.29 bits per heavy atom. The van der Waals surface area contributed by atoms with E-state index in [1.807, 2.05) is 19.0 Å². The van der Waals surface area contributed by atoms with Crippen LogP contribution in [0.5, 0.6) is 5.75 Å². The standard InChI is InChI=1S/C30H42N4O7/c1-8-14(3)34(9-2)13-16-12-19(35)21-17(23(16)32(4)5)10-15-11-18-24(33(6)7)26(37)22(29(31)40)28(39)30(18,41)27(38)20(15)25(21)36/h12,14-15,18,24,35,37-38,41H,8-11,13H2,1-7H3,(H2,31,40)/t14?,15-,18-,24-,30-/m0/s1. The van der Waals surface area contributed by atoms with E-state index in [9.17, 15) is 34.8 Å². The van der Waals surface area contributed by atoms with Crippen molar-refractivity contribution in [3.05, 3.63) is 45.4 Å². The molecule has 0 aliphatic heterocycles. The number of phenols is 1. The molecule has 1 amide bonds. The summed E-state index contributed by atoms with van der Waals surface area (Å²) in [7, 11) is 6.97. The van der Waals surface area contributed by atoms with Gasteiger partial charge in [0.2, 0.25) is 5.78 Å². The molecule has 11 nitrogen and oxygen atoms in total. The zero-order valence-electron chi connectivity index (χ0n) is 24.9. The van der Waals surface area contributed by atoms with Crippen LogP contribution in [0.3, 0.4) is 0 Å². The number of hydrogen-bond donors (Lipinski definition) is 5. The third-order valence-electron chi connectivity index (χ3n) is 9.21. The number of phenolic OH excluding ortho intramolecular Hbond substituents is 1. The van der Waals surface area contributed by atoms with Gasteiger partial charge in [-0.05, 0) is 69.9 Å². The van der Waals surface area contributed by atoms with Crippen LogP contribution in [-0.2, 0) is 22.6 Å². The number of aliphatic hydroxyl groups is 3. The molecule has 0 fully saturated rings. The van der Waals surface area contributed by atoms with Crippen LogP contribution in [0, 0.1) is 11.8 Å². The molecule has 41 heavy (non-hydrogen) atoms. The topological polar surface area (TPSA) is 168 Å². The number of nitrogens with two attached hydrogens (primary N) is 1. The van der Waals surface area contributed by atoms with Gasteiger partial charge in [0.1, 0.15) is 22.8 Å². The lowest BCUT2D eigenvalue weighted by atomic mass is 9.58. The van der Waals surface area contributed by atoms with E-state index in [0.29, 0.717) is 18.2 Å². The molecule has 4 rings (SSSR count). The first-order valence-corrected chi connectivity index (χ1v) is 14.1. The Hall–Kier alpha value is -3.41. The van der Waals surface area contributed by atoms with Crippen LogP contribution in [0.25, 0.3) is 0 Å². The van der Waals surface area contributed by atoms with Crippen molar-refractivity contribution < 1.29 is 34.8 Å². The maximum atomic E-state index is 14.0. The van der Waals surface area contributed by atoms with Crippen molar-refractivity contribution in [2.45, 2.75) is 64.3 Å². The van der Waals surface area contributed by atoms with Crippen LogP contribution in [0.2, 0.25) is 0 Å². The summed E-state index contributed by atoms with van der Waals surface area (Å²) >= 11 is 0. The lowest BCUT2D eigenvalue weighted by molar-refractivity contribution is -0.148. The predicted molar refractivity (Wildman–Crippen MR) is 154 cm³/mol. The van der Waals surface area contributed by atoms with Crippen LogP contribution in [0.15, 0.2) is 28.7 Å². The first-order chi connectivity index (χ1) is 19.1. The number of aliphatic hydroxyl groups excluding tert-OH is 2. The number of benzene rings is 1. The highest BCUT2D eigenvalue weighted by Crippen LogP contribution is 2.53. The molecule has 1 aromatic carbocycles. The monoisotopic (exact) mass is 570 g/mol. The zero-order valence-corrected chi connectivity index (χ0v) is 24.9. The number of hydrogen-bond acceptors (Lipinski definition) is 10. The molecule has 0 aromatic heterocycles. The smallest absolute Gasteiger partial charge is 0.255 e. The Balaban J connectivity index is 1.92. The number of amides is 1. The molecule has 1 aromatic rings. The van der Waals surface area contributed by atoms with Gasteiger partial charge in [0, 0.05) is 43.9 Å². The maximum Gasteiger partial charge on any atom is 0.255 e. The van der Waals surface area contributed by atoms with E-state index in [1.165, 1.54) is 0 Å². The Labute approximate surface area is 240 Å². The van der Waals surface area contributed by atoms with Crippen molar-refractivity contribution in [2.24, 2.45) is 17.6 Å². The van der Waals surface area contributed by atoms with Gasteiger partial charge in [-0.2, -0.15) is 0 Å². The van der Waals surface area contributed by atoms with Crippen molar-refractivity contribution >= 4 is 23.2 Å². The van der Waals surface area contributed by atoms with E-state index in [1.54, 1.807) is 25.1 Å². The zero-order chi connectivity index (χ0) is 30.7. The first-order valence-electron chi connectivity index (χ1n) is 14.1. The molecule has 11 heteroatoms. The fourth-order valence-corrected chi connectivity index (χ4v) is 7.11. The molecule has 224 valence electrons. The lowest BCUT2D eigenvalue weighted by Gasteiger charge is -2.50. The van der Waals surface area contributed by atoms with E-state index >= 15 is 0 Å². The largest absolute Gasteiger partial charge is 0.510 e. The Morgan fingerprint density at radius 1 is 1.15 bits per heavy atom. The quantitative estimate of drug-likeness (QED) is 0.291. The molecule has 0 saturated heterocycles. The maximum absolute atomic E-state index is 14.0. The third kappa shape index (κ3) is 4.50. The minimum atomic E-state index is -2.65. The molecular weight excluding hydrogens is 528 g/mol. The molecule has 3 aliphatic carbocycles. The van der Waals surface area contributed by atoms with Gasteiger partial charge in [0.25, 0.3) is 5.91 Å². The number of allylic oxidation sites excluding steroid dienone is 1. The summed E-state index contributed by atoms with van der Waals surface area (Å²) in [6, 6.07) is 0.854. The van der Waals surface area contributed by atoms with E-state index < -0.39 is 58.0 Å². The fraction of sp³-hybridized carbons (Fsp3) is 0.567. The van der Waals surface area contributed by atoms with Crippen molar-refractivity contribution in [2.75, 3.05) is 39.6 Å². The van der Waals surface area contributed by atoms with Crippen LogP contribution in [0.4, 0.5) is 5.69 Å². The highest BCUT2D eigenvalue weighted by molar-refractivity contribution is 6.24. The second-order valence-corrected chi connectivity index (χ2v) is 11.9. The number of nitrogens with zero attached hydrogens (tertiary/aromatic N) is 3. The number of fused-ring (bicyclic) bond motifs is 3. The van der Waals surface area contributed by atoms with E-state index in [0.717, 1.165) is 24.2 Å². The van der Waals surface area contributed by atoms with Crippen LogP contribution >= 0.6 is 0 Å². The first kappa shape index (κ1) is 30.5. The van der Waals surface area contributed by atoms with Crippen LogP contribution in [0.1, 0.15) is 55.1 Å². The summed E-state index contributed by atoms with van der Waals surface area (Å²) < 4.78 is 0. The third-order valence-corrected chi connectivity index (χ3v) is 9.21. The van der Waals surface area contributed by atoms with Crippen molar-refractivity contribution in [3.63, 3.8) is 0 Å². The number of aromatic hydroxyl groups is 1. The highest BCUT2D eigenvalue weighted by atomic mass is 16.3. The normalized spacial score (nSPS) is 26.7. The SMILES string of the molecule is CCC(C)N(CC)Cc1cc(O)c2c(c1N(C)C)C[C@H]1C[C@H]3[C@H](N(C)C)C(O)=C(C(N)=O)C(=O)[C@@]3(O)C(O)=C1C2=O. The number of Topliss-reactive ketones (excluding diaryl/α,β-unsaturated/α-hetero) is 2. The Bertz CT molecular complexity index is 1360. The molecule has 0 spiro atoms. The summed E-state index contributed by atoms with van der Waals surface area (Å²) in [6.45, 7) is 7.69. The van der Waals surface area contributed by atoms with E-state index in [-0.39, 0.29) is 29.7 Å². The van der Waals surface area contributed by atoms with Gasteiger partial charge in [-0.1, -0.05) is 13.8 Å². The van der Waals surface area contributed by atoms with Crippen molar-refractivity contribution in [3.8, 4) is 5.75 Å². The number of likely N-dealkylation sites (N-methyl/N-ethyl adjacent to an activating group) is 1. The molecule has 0 saturated carbocycles. The summed E-state index contributed by atoms with van der Waals surface area (Å²) in [5, 5.41) is 45.4.